The highest BCUT2D eigenvalue weighted by Crippen LogP contribution is 2.29. The highest BCUT2D eigenvalue weighted by Gasteiger charge is 2.26. The number of aryl methyl sites for hydroxylation is 1. The number of imidazole rings is 1. The van der Waals surface area contributed by atoms with E-state index in [9.17, 15) is 9.59 Å². The van der Waals surface area contributed by atoms with Gasteiger partial charge in [-0.1, -0.05) is 35.9 Å². The Balaban J connectivity index is 1.33. The third-order valence-corrected chi connectivity index (χ3v) is 7.29. The van der Waals surface area contributed by atoms with Crippen molar-refractivity contribution < 1.29 is 9.53 Å². The standard InChI is InChI=1S/C28H29ClN4O3/c1-18-22(15-20(29)16-30-18)27(34)31-21-13-11-19(12-14-21)17-32-23-7-3-4-8-24(23)33(28(32)35)25-9-5-6-10-26(25)36-2/h3-10,15-16,19,21H,11-14,17H2,1-2H3,(H,31,34). The minimum absolute atomic E-state index is 0.0694. The van der Waals surface area contributed by atoms with Gasteiger partial charge in [-0.25, -0.2) is 4.79 Å². The average Bonchev–Trinajstić information content (AvgIpc) is 3.17. The maximum Gasteiger partial charge on any atom is 0.333 e. The van der Waals surface area contributed by atoms with Crippen LogP contribution in [0.25, 0.3) is 16.7 Å². The number of hydrogen-bond acceptors (Lipinski definition) is 4. The van der Waals surface area contributed by atoms with E-state index in [1.807, 2.05) is 53.1 Å². The molecule has 7 nitrogen and oxygen atoms in total. The largest absolute Gasteiger partial charge is 0.495 e. The zero-order valence-electron chi connectivity index (χ0n) is 20.4. The summed E-state index contributed by atoms with van der Waals surface area (Å²) in [6, 6.07) is 17.2. The first-order valence-corrected chi connectivity index (χ1v) is 12.6. The number of hydrogen-bond donors (Lipinski definition) is 1. The van der Waals surface area contributed by atoms with E-state index >= 15 is 0 Å². The van der Waals surface area contributed by atoms with Crippen LogP contribution in [0.3, 0.4) is 0 Å². The predicted octanol–water partition coefficient (Wildman–Crippen LogP) is 5.15. The van der Waals surface area contributed by atoms with Crippen LogP contribution in [0.1, 0.15) is 41.7 Å². The monoisotopic (exact) mass is 504 g/mol. The van der Waals surface area contributed by atoms with E-state index in [4.69, 9.17) is 16.3 Å². The summed E-state index contributed by atoms with van der Waals surface area (Å²) >= 11 is 6.03. The van der Waals surface area contributed by atoms with Gasteiger partial charge in [-0.05, 0) is 68.9 Å². The van der Waals surface area contributed by atoms with Crippen molar-refractivity contribution in [2.45, 2.75) is 45.2 Å². The fourth-order valence-corrected chi connectivity index (χ4v) is 5.34. The van der Waals surface area contributed by atoms with Crippen molar-refractivity contribution in [2.75, 3.05) is 7.11 Å². The van der Waals surface area contributed by atoms with E-state index in [2.05, 4.69) is 10.3 Å². The lowest BCUT2D eigenvalue weighted by atomic mass is 9.85. The molecule has 2 aromatic carbocycles. The van der Waals surface area contributed by atoms with E-state index in [0.29, 0.717) is 34.5 Å². The summed E-state index contributed by atoms with van der Waals surface area (Å²) in [7, 11) is 1.62. The van der Waals surface area contributed by atoms with Crippen molar-refractivity contribution in [3.8, 4) is 11.4 Å². The molecule has 1 aliphatic rings. The molecule has 1 amide bonds. The Morgan fingerprint density at radius 2 is 1.78 bits per heavy atom. The van der Waals surface area contributed by atoms with E-state index in [1.54, 1.807) is 30.9 Å². The van der Waals surface area contributed by atoms with E-state index in [1.165, 1.54) is 0 Å². The molecule has 0 spiro atoms. The number of benzene rings is 2. The molecule has 36 heavy (non-hydrogen) atoms. The van der Waals surface area contributed by atoms with Gasteiger partial charge in [-0.15, -0.1) is 0 Å². The van der Waals surface area contributed by atoms with Gasteiger partial charge in [-0.3, -0.25) is 18.9 Å². The number of pyridine rings is 1. The van der Waals surface area contributed by atoms with Crippen LogP contribution in [0.5, 0.6) is 5.75 Å². The number of ether oxygens (including phenoxy) is 1. The molecule has 0 bridgehead atoms. The molecule has 5 rings (SSSR count). The van der Waals surface area contributed by atoms with Gasteiger partial charge in [0.15, 0.2) is 0 Å². The normalized spacial score (nSPS) is 17.8. The number of amides is 1. The van der Waals surface area contributed by atoms with Crippen LogP contribution in [-0.4, -0.2) is 33.2 Å². The molecule has 4 aromatic rings. The molecule has 1 fully saturated rings. The summed E-state index contributed by atoms with van der Waals surface area (Å²) < 4.78 is 9.16. The quantitative estimate of drug-likeness (QED) is 0.394. The molecule has 186 valence electrons. The number of halogens is 1. The van der Waals surface area contributed by atoms with Gasteiger partial charge in [0.05, 0.1) is 40.1 Å². The Morgan fingerprint density at radius 3 is 2.53 bits per heavy atom. The number of aromatic nitrogens is 3. The van der Waals surface area contributed by atoms with Crippen molar-refractivity contribution in [1.29, 1.82) is 0 Å². The molecule has 0 unspecified atom stereocenters. The third-order valence-electron chi connectivity index (χ3n) is 7.08. The number of fused-ring (bicyclic) bond motifs is 1. The molecule has 2 heterocycles. The van der Waals surface area contributed by atoms with Crippen molar-refractivity contribution in [2.24, 2.45) is 5.92 Å². The Hall–Kier alpha value is -3.58. The van der Waals surface area contributed by atoms with Gasteiger partial charge in [-0.2, -0.15) is 0 Å². The minimum Gasteiger partial charge on any atom is -0.495 e. The van der Waals surface area contributed by atoms with Crippen LogP contribution in [0.15, 0.2) is 65.6 Å². The first-order valence-electron chi connectivity index (χ1n) is 12.2. The van der Waals surface area contributed by atoms with Crippen LogP contribution >= 0.6 is 11.6 Å². The number of carbonyl (C=O) groups is 1. The topological polar surface area (TPSA) is 78.1 Å². The molecule has 8 heteroatoms. The van der Waals surface area contributed by atoms with Gasteiger partial charge >= 0.3 is 5.69 Å². The van der Waals surface area contributed by atoms with Crippen LogP contribution in [0.2, 0.25) is 5.02 Å². The predicted molar refractivity (Wildman–Crippen MR) is 141 cm³/mol. The second kappa shape index (κ2) is 10.2. The maximum atomic E-state index is 13.7. The van der Waals surface area contributed by atoms with Crippen LogP contribution < -0.4 is 15.7 Å². The zero-order valence-corrected chi connectivity index (χ0v) is 21.2. The third kappa shape index (κ3) is 4.63. The molecule has 1 aliphatic carbocycles. The first-order chi connectivity index (χ1) is 17.5. The Kier molecular flexibility index (Phi) is 6.83. The van der Waals surface area contributed by atoms with Crippen molar-refractivity contribution >= 4 is 28.5 Å². The van der Waals surface area contributed by atoms with Gasteiger partial charge in [0, 0.05) is 18.8 Å². The first kappa shape index (κ1) is 24.1. The highest BCUT2D eigenvalue weighted by atomic mass is 35.5. The van der Waals surface area contributed by atoms with Gasteiger partial charge < -0.3 is 10.1 Å². The molecular weight excluding hydrogens is 476 g/mol. The Morgan fingerprint density at radius 1 is 1.08 bits per heavy atom. The molecule has 0 radical (unpaired) electrons. The van der Waals surface area contributed by atoms with Crippen molar-refractivity contribution in [3.63, 3.8) is 0 Å². The second-order valence-corrected chi connectivity index (χ2v) is 9.80. The summed E-state index contributed by atoms with van der Waals surface area (Å²) in [5.41, 5.74) is 3.61. The summed E-state index contributed by atoms with van der Waals surface area (Å²) in [4.78, 5) is 30.6. The fourth-order valence-electron chi connectivity index (χ4n) is 5.18. The molecule has 1 saturated carbocycles. The van der Waals surface area contributed by atoms with Gasteiger partial charge in [0.1, 0.15) is 5.75 Å². The molecule has 2 aromatic heterocycles. The van der Waals surface area contributed by atoms with E-state index < -0.39 is 0 Å². The minimum atomic E-state index is -0.137. The number of para-hydroxylation sites is 4. The lowest BCUT2D eigenvalue weighted by Crippen LogP contribution is -2.39. The van der Waals surface area contributed by atoms with Crippen LogP contribution in [0.4, 0.5) is 0 Å². The lowest BCUT2D eigenvalue weighted by Gasteiger charge is -2.29. The van der Waals surface area contributed by atoms with Crippen LogP contribution in [0, 0.1) is 12.8 Å². The SMILES string of the molecule is COc1ccccc1-n1c(=O)n(CC2CCC(NC(=O)c3cc(Cl)cnc3C)CC2)c2ccccc21. The maximum absolute atomic E-state index is 13.7. The smallest absolute Gasteiger partial charge is 0.333 e. The molecule has 0 atom stereocenters. The fraction of sp³-hybridized carbons (Fsp3) is 0.321. The Bertz CT molecular complexity index is 1470. The average molecular weight is 505 g/mol. The highest BCUT2D eigenvalue weighted by molar-refractivity contribution is 6.30. The number of methoxy groups -OCH3 is 1. The number of nitrogens with zero attached hydrogens (tertiary/aromatic N) is 3. The molecule has 1 N–H and O–H groups in total. The zero-order chi connectivity index (χ0) is 25.2. The lowest BCUT2D eigenvalue weighted by molar-refractivity contribution is 0.0919. The van der Waals surface area contributed by atoms with Crippen molar-refractivity contribution in [1.82, 2.24) is 19.4 Å². The number of rotatable bonds is 6. The molecular formula is C28H29ClN4O3. The Labute approximate surface area is 214 Å². The van der Waals surface area contributed by atoms with Gasteiger partial charge in [0.2, 0.25) is 0 Å². The molecule has 0 saturated heterocycles. The summed E-state index contributed by atoms with van der Waals surface area (Å²) in [6.45, 7) is 2.45. The van der Waals surface area contributed by atoms with E-state index in [-0.39, 0.29) is 17.6 Å². The van der Waals surface area contributed by atoms with E-state index in [0.717, 1.165) is 42.4 Å². The van der Waals surface area contributed by atoms with Crippen molar-refractivity contribution in [3.05, 3.63) is 87.6 Å². The van der Waals surface area contributed by atoms with Crippen LogP contribution in [-0.2, 0) is 6.54 Å². The second-order valence-electron chi connectivity index (χ2n) is 9.37. The number of carbonyl (C=O) groups excluding carboxylic acids is 1. The molecule has 0 aliphatic heterocycles. The van der Waals surface area contributed by atoms with Gasteiger partial charge in [0.25, 0.3) is 5.91 Å². The summed E-state index contributed by atoms with van der Waals surface area (Å²) in [6.07, 6.45) is 5.13. The summed E-state index contributed by atoms with van der Waals surface area (Å²) in [5.74, 6) is 0.869. The summed E-state index contributed by atoms with van der Waals surface area (Å²) in [5, 5.41) is 3.59. The number of nitrogens with one attached hydrogen (secondary N) is 1.